The van der Waals surface area contributed by atoms with Crippen LogP contribution in [0.1, 0.15) is 0 Å². The summed E-state index contributed by atoms with van der Waals surface area (Å²) in [4.78, 5) is 0. The molecule has 0 bridgehead atoms. The third-order valence-corrected chi connectivity index (χ3v) is 0.750. The van der Waals surface area contributed by atoms with Gasteiger partial charge in [-0.05, 0) is 0 Å². The molecule has 0 aromatic carbocycles. The van der Waals surface area contributed by atoms with Gasteiger partial charge < -0.3 is 42.4 Å². The normalized spacial score (nSPS) is 10.5. The zero-order chi connectivity index (χ0) is 15.6. The van der Waals surface area contributed by atoms with E-state index in [-0.39, 0.29) is 48.9 Å². The van der Waals surface area contributed by atoms with Gasteiger partial charge in [-0.1, -0.05) is 0 Å². The maximum absolute atomic E-state index is 8.91. The summed E-state index contributed by atoms with van der Waals surface area (Å²) >= 11 is 0. The fourth-order valence-electron chi connectivity index (χ4n) is 0. The van der Waals surface area contributed by atoms with Gasteiger partial charge in [0.2, 0.25) is 31.2 Å². The first-order chi connectivity index (χ1) is 7.68. The van der Waals surface area contributed by atoms with Crippen LogP contribution in [0.25, 0.3) is 0 Å². The molecule has 0 aliphatic carbocycles. The van der Waals surface area contributed by atoms with Crippen molar-refractivity contribution in [1.29, 1.82) is 0 Å². The molecule has 118 valence electrons. The van der Waals surface area contributed by atoms with E-state index in [1.165, 1.54) is 0 Å². The summed E-state index contributed by atoms with van der Waals surface area (Å²) in [5, 5.41) is 25.7. The minimum atomic E-state index is -4.97. The van der Waals surface area contributed by atoms with Crippen molar-refractivity contribution in [3.63, 3.8) is 0 Å². The molecule has 0 saturated carbocycles. The van der Waals surface area contributed by atoms with Crippen LogP contribution in [-0.4, -0.2) is 87.8 Å². The maximum Gasteiger partial charge on any atom is 3.00 e. The van der Waals surface area contributed by atoms with Crippen LogP contribution < -0.4 is 15.8 Å². The van der Waals surface area contributed by atoms with Crippen molar-refractivity contribution in [2.75, 3.05) is 0 Å². The van der Waals surface area contributed by atoms with E-state index in [2.05, 4.69) is 13.0 Å². The fraction of sp³-hybridized carbons (Fsp3) is 0. The van der Waals surface area contributed by atoms with Crippen molar-refractivity contribution in [3.8, 4) is 0 Å². The molecule has 0 atom stereocenters. The van der Waals surface area contributed by atoms with E-state index in [1.54, 1.807) is 0 Å². The van der Waals surface area contributed by atoms with E-state index >= 15 is 0 Å². The number of hydrogen-bond acceptors (Lipinski definition) is 15. The van der Waals surface area contributed by atoms with Crippen LogP contribution in [0.5, 0.6) is 0 Å². The molecule has 0 fully saturated rings. The monoisotopic (exact) mass is 578 g/mol. The minimum Gasteiger partial charge on any atom is -0.726 e. The summed E-state index contributed by atoms with van der Waals surface area (Å²) in [6.07, 6.45) is 0. The van der Waals surface area contributed by atoms with Crippen LogP contribution in [0.4, 0.5) is 0 Å². The molecule has 0 aromatic heterocycles. The quantitative estimate of drug-likeness (QED) is 0.0987. The van der Waals surface area contributed by atoms with Crippen LogP contribution in [-0.2, 0) is 44.2 Å². The van der Waals surface area contributed by atoms with E-state index in [1.807, 2.05) is 0 Å². The Kier molecular flexibility index (Phi) is 24.7. The number of rotatable bonds is 3. The van der Waals surface area contributed by atoms with Gasteiger partial charge in [-0.15, -0.1) is 0 Å². The molecule has 0 saturated heterocycles. The summed E-state index contributed by atoms with van der Waals surface area (Å²) in [6.45, 7) is 0. The second kappa shape index (κ2) is 15.0. The Balaban J connectivity index is -0.0000000536. The van der Waals surface area contributed by atoms with E-state index < -0.39 is 31.2 Å². The van der Waals surface area contributed by atoms with Gasteiger partial charge in [0.05, 0.1) is 0 Å². The summed E-state index contributed by atoms with van der Waals surface area (Å²) in [6, 6.07) is 0. The van der Waals surface area contributed by atoms with Crippen LogP contribution in [0.15, 0.2) is 0 Å². The molecule has 0 heterocycles. The Labute approximate surface area is 147 Å². The van der Waals surface area contributed by atoms with Gasteiger partial charge in [-0.2, -0.15) is 0 Å². The molecule has 15 nitrogen and oxygen atoms in total. The minimum absolute atomic E-state index is 0. The van der Waals surface area contributed by atoms with E-state index in [9.17, 15) is 0 Å². The topological polar surface area (TPSA) is 268 Å². The molecule has 0 spiro atoms. The van der Waals surface area contributed by atoms with E-state index in [4.69, 9.17) is 54.7 Å². The molecule has 4 radical (unpaired) electrons. The van der Waals surface area contributed by atoms with Gasteiger partial charge in [-0.3, -0.25) is 0 Å². The second-order valence-corrected chi connectivity index (χ2v) is 4.29. The van der Waals surface area contributed by atoms with E-state index in [0.717, 1.165) is 0 Å². The Morgan fingerprint density at radius 3 is 0.550 bits per heavy atom. The first-order valence-electron chi connectivity index (χ1n) is 2.50. The maximum atomic E-state index is 8.91. The molecule has 0 aliphatic rings. The van der Waals surface area contributed by atoms with Crippen LogP contribution >= 0.6 is 0 Å². The molecule has 0 unspecified atom stereocenters. The van der Waals surface area contributed by atoms with Crippen molar-refractivity contribution in [3.05, 3.63) is 0 Å². The predicted molar refractivity (Wildman–Crippen MR) is 43.9 cm³/mol. The standard InChI is InChI=1S/3H2O5S.2Sb/c3*1-5-6(2,3)4;;/h3*1H,(H,2,3,4);;/q;;;2*+3/p-6. The summed E-state index contributed by atoms with van der Waals surface area (Å²) < 4.78 is 86.5. The van der Waals surface area contributed by atoms with Crippen LogP contribution in [0.2, 0.25) is 0 Å². The zero-order valence-corrected chi connectivity index (χ0v) is 15.8. The van der Waals surface area contributed by atoms with E-state index in [0.29, 0.717) is 0 Å². The third kappa shape index (κ3) is 61.3. The first kappa shape index (κ1) is 32.9. The van der Waals surface area contributed by atoms with Crippen molar-refractivity contribution in [2.24, 2.45) is 0 Å². The molecule has 20 heavy (non-hydrogen) atoms. The molecule has 0 rings (SSSR count). The Hall–Kier alpha value is 1.13. The largest absolute Gasteiger partial charge is 3.00 e. The molecular weight excluding hydrogens is 580 g/mol. The van der Waals surface area contributed by atoms with Crippen molar-refractivity contribution < 1.29 is 67.7 Å². The molecule has 0 aromatic rings. The van der Waals surface area contributed by atoms with Crippen LogP contribution in [0.3, 0.4) is 0 Å². The summed E-state index contributed by atoms with van der Waals surface area (Å²) in [5.74, 6) is 0. The van der Waals surface area contributed by atoms with Crippen molar-refractivity contribution in [2.45, 2.75) is 0 Å². The summed E-state index contributed by atoms with van der Waals surface area (Å²) in [5.41, 5.74) is 0. The molecular formula is O15S3Sb2. The molecule has 0 amide bonds. The Morgan fingerprint density at radius 1 is 0.500 bits per heavy atom. The fourth-order valence-corrected chi connectivity index (χ4v) is 0. The van der Waals surface area contributed by atoms with Gasteiger partial charge in [-0.25, -0.2) is 25.3 Å². The SMILES string of the molecule is O=S(=O)([O-])O[O-].O=S(=O)([O-])O[O-].O=S(=O)([O-])O[O-].[Sb+3].[Sb+3]. The molecule has 0 N–H and O–H groups in total. The zero-order valence-electron chi connectivity index (χ0n) is 8.24. The average Bonchev–Trinajstić information content (AvgIpc) is 2.16. The Morgan fingerprint density at radius 2 is 0.550 bits per heavy atom. The van der Waals surface area contributed by atoms with Gasteiger partial charge in [0.15, 0.2) is 0 Å². The third-order valence-electron chi connectivity index (χ3n) is 0.250. The number of hydrogen-bond donors (Lipinski definition) is 0. The van der Waals surface area contributed by atoms with Gasteiger partial charge in [0.1, 0.15) is 0 Å². The molecule has 20 heteroatoms. The Bertz CT molecular complexity index is 403. The van der Waals surface area contributed by atoms with Gasteiger partial charge in [0, 0.05) is 0 Å². The van der Waals surface area contributed by atoms with Gasteiger partial charge in [0.25, 0.3) is 0 Å². The van der Waals surface area contributed by atoms with Gasteiger partial charge >= 0.3 is 48.9 Å². The summed E-state index contributed by atoms with van der Waals surface area (Å²) in [7, 11) is -14.9. The van der Waals surface area contributed by atoms with Crippen molar-refractivity contribution >= 4 is 80.1 Å². The van der Waals surface area contributed by atoms with Crippen LogP contribution in [0, 0.1) is 0 Å². The smallest absolute Gasteiger partial charge is 0.726 e. The predicted octanol–water partition coefficient (Wildman–Crippen LogP) is -7.55. The average molecular weight is 580 g/mol. The second-order valence-electron chi connectivity index (χ2n) is 1.43. The first-order valence-corrected chi connectivity index (χ1v) is 6.50. The van der Waals surface area contributed by atoms with Crippen molar-refractivity contribution in [1.82, 2.24) is 0 Å². The molecule has 0 aliphatic heterocycles.